The molecule has 1 amide bonds. The van der Waals surface area contributed by atoms with Gasteiger partial charge in [0.15, 0.2) is 0 Å². The van der Waals surface area contributed by atoms with Crippen LogP contribution in [0.15, 0.2) is 0 Å². The summed E-state index contributed by atoms with van der Waals surface area (Å²) < 4.78 is 4.55. The molecule has 92 valence electrons. The van der Waals surface area contributed by atoms with Crippen LogP contribution in [0.25, 0.3) is 0 Å². The summed E-state index contributed by atoms with van der Waals surface area (Å²) in [4.78, 5) is 24.6. The molecule has 4 nitrogen and oxygen atoms in total. The van der Waals surface area contributed by atoms with E-state index < -0.39 is 0 Å². The van der Waals surface area contributed by atoms with Crippen molar-refractivity contribution in [1.29, 1.82) is 0 Å². The Balaban J connectivity index is 2.44. The first-order valence-corrected chi connectivity index (χ1v) is 5.97. The van der Waals surface area contributed by atoms with Gasteiger partial charge in [-0.2, -0.15) is 0 Å². The van der Waals surface area contributed by atoms with Crippen molar-refractivity contribution < 1.29 is 14.3 Å². The van der Waals surface area contributed by atoms with E-state index >= 15 is 0 Å². The second-order valence-electron chi connectivity index (χ2n) is 4.46. The van der Waals surface area contributed by atoms with E-state index in [0.29, 0.717) is 0 Å². The molecule has 0 aromatic heterocycles. The van der Waals surface area contributed by atoms with Crippen molar-refractivity contribution in [2.24, 2.45) is 5.92 Å². The van der Waals surface area contributed by atoms with Crippen LogP contribution in [0.1, 0.15) is 38.5 Å². The summed E-state index contributed by atoms with van der Waals surface area (Å²) in [7, 11) is 3.01. The number of carbonyl (C=O) groups excluding carboxylic acids is 2. The molecule has 0 N–H and O–H groups in total. The first-order valence-electron chi connectivity index (χ1n) is 5.97. The van der Waals surface area contributed by atoms with Gasteiger partial charge in [-0.05, 0) is 12.8 Å². The van der Waals surface area contributed by atoms with Gasteiger partial charge < -0.3 is 9.64 Å². The number of carbonyl (C=O) groups is 2. The molecule has 0 unspecified atom stereocenters. The number of hydrogen-bond acceptors (Lipinski definition) is 3. The molecule has 1 aliphatic rings. The Morgan fingerprint density at radius 3 is 2.25 bits per heavy atom. The number of esters is 1. The fourth-order valence-corrected chi connectivity index (χ4v) is 2.17. The van der Waals surface area contributed by atoms with Crippen molar-refractivity contribution >= 4 is 11.9 Å². The number of ether oxygens (including phenoxy) is 1. The van der Waals surface area contributed by atoms with E-state index in [1.807, 2.05) is 0 Å². The molecule has 16 heavy (non-hydrogen) atoms. The van der Waals surface area contributed by atoms with Gasteiger partial charge in [0.2, 0.25) is 5.91 Å². The zero-order valence-corrected chi connectivity index (χ0v) is 10.2. The van der Waals surface area contributed by atoms with Crippen LogP contribution in [-0.2, 0) is 14.3 Å². The molecular formula is C12H21NO3. The van der Waals surface area contributed by atoms with Crippen LogP contribution in [0.5, 0.6) is 0 Å². The maximum atomic E-state index is 12.0. The topological polar surface area (TPSA) is 46.6 Å². The number of rotatable bonds is 3. The van der Waals surface area contributed by atoms with Gasteiger partial charge in [0.1, 0.15) is 6.54 Å². The fourth-order valence-electron chi connectivity index (χ4n) is 2.17. The lowest BCUT2D eigenvalue weighted by Gasteiger charge is -2.21. The summed E-state index contributed by atoms with van der Waals surface area (Å²) >= 11 is 0. The van der Waals surface area contributed by atoms with Gasteiger partial charge in [-0.3, -0.25) is 9.59 Å². The molecule has 1 aliphatic carbocycles. The lowest BCUT2D eigenvalue weighted by molar-refractivity contribution is -0.147. The minimum absolute atomic E-state index is 0.0613. The van der Waals surface area contributed by atoms with Crippen LogP contribution in [-0.4, -0.2) is 37.5 Å². The maximum Gasteiger partial charge on any atom is 0.325 e. The number of methoxy groups -OCH3 is 1. The average molecular weight is 227 g/mol. The molecule has 4 heteroatoms. The maximum absolute atomic E-state index is 12.0. The number of nitrogens with zero attached hydrogens (tertiary/aromatic N) is 1. The first kappa shape index (κ1) is 13.0. The Hall–Kier alpha value is -1.06. The van der Waals surface area contributed by atoms with Crippen molar-refractivity contribution in [3.05, 3.63) is 0 Å². The molecule has 0 radical (unpaired) electrons. The standard InChI is InChI=1S/C12H21NO3/c1-13(9-11(14)16-2)12(15)10-7-5-3-4-6-8-10/h10H,3-9H2,1-2H3. The predicted molar refractivity (Wildman–Crippen MR) is 60.8 cm³/mol. The zero-order chi connectivity index (χ0) is 12.0. The van der Waals surface area contributed by atoms with E-state index in [0.717, 1.165) is 25.7 Å². The Labute approximate surface area is 96.9 Å². The second-order valence-corrected chi connectivity index (χ2v) is 4.46. The van der Waals surface area contributed by atoms with Crippen molar-refractivity contribution in [3.63, 3.8) is 0 Å². The molecule has 0 saturated heterocycles. The molecule has 0 bridgehead atoms. The average Bonchev–Trinajstić information content (AvgIpc) is 2.56. The van der Waals surface area contributed by atoms with Gasteiger partial charge in [-0.1, -0.05) is 25.7 Å². The summed E-state index contributed by atoms with van der Waals surface area (Å²) in [6.07, 6.45) is 6.63. The van der Waals surface area contributed by atoms with Crippen LogP contribution >= 0.6 is 0 Å². The highest BCUT2D eigenvalue weighted by molar-refractivity contribution is 5.83. The largest absolute Gasteiger partial charge is 0.468 e. The van der Waals surface area contributed by atoms with E-state index in [1.165, 1.54) is 24.9 Å². The van der Waals surface area contributed by atoms with Crippen molar-refractivity contribution in [2.45, 2.75) is 38.5 Å². The van der Waals surface area contributed by atoms with Crippen molar-refractivity contribution in [2.75, 3.05) is 20.7 Å². The van der Waals surface area contributed by atoms with Crippen molar-refractivity contribution in [1.82, 2.24) is 4.90 Å². The van der Waals surface area contributed by atoms with Crippen LogP contribution in [0.4, 0.5) is 0 Å². The molecule has 0 heterocycles. The smallest absolute Gasteiger partial charge is 0.325 e. The number of amides is 1. The van der Waals surface area contributed by atoms with Gasteiger partial charge in [-0.15, -0.1) is 0 Å². The Morgan fingerprint density at radius 1 is 1.19 bits per heavy atom. The van der Waals surface area contributed by atoms with E-state index in [9.17, 15) is 9.59 Å². The fraction of sp³-hybridized carbons (Fsp3) is 0.833. The minimum Gasteiger partial charge on any atom is -0.468 e. The zero-order valence-electron chi connectivity index (χ0n) is 10.2. The molecule has 0 spiro atoms. The quantitative estimate of drug-likeness (QED) is 0.543. The molecule has 1 rings (SSSR count). The highest BCUT2D eigenvalue weighted by atomic mass is 16.5. The highest BCUT2D eigenvalue weighted by Gasteiger charge is 2.24. The minimum atomic E-state index is -0.357. The third-order valence-electron chi connectivity index (χ3n) is 3.17. The molecule has 1 fully saturated rings. The number of hydrogen-bond donors (Lipinski definition) is 0. The predicted octanol–water partition coefficient (Wildman–Crippen LogP) is 1.59. The third kappa shape index (κ3) is 3.83. The van der Waals surface area contributed by atoms with Crippen LogP contribution < -0.4 is 0 Å². The lowest BCUT2D eigenvalue weighted by atomic mass is 9.99. The Kier molecular flexibility index (Phi) is 5.29. The van der Waals surface area contributed by atoms with Crippen molar-refractivity contribution in [3.8, 4) is 0 Å². The van der Waals surface area contributed by atoms with Crippen LogP contribution in [0, 0.1) is 5.92 Å². The molecular weight excluding hydrogens is 206 g/mol. The van der Waals surface area contributed by atoms with E-state index in [4.69, 9.17) is 0 Å². The van der Waals surface area contributed by atoms with Crippen LogP contribution in [0.2, 0.25) is 0 Å². The van der Waals surface area contributed by atoms with Gasteiger partial charge in [0, 0.05) is 13.0 Å². The van der Waals surface area contributed by atoms with Gasteiger partial charge in [0.25, 0.3) is 0 Å². The monoisotopic (exact) mass is 227 g/mol. The summed E-state index contributed by atoms with van der Waals surface area (Å²) in [5.41, 5.74) is 0. The van der Waals surface area contributed by atoms with E-state index in [2.05, 4.69) is 4.74 Å². The molecule has 0 atom stereocenters. The first-order chi connectivity index (χ1) is 7.65. The second kappa shape index (κ2) is 6.51. The summed E-state index contributed by atoms with van der Waals surface area (Å²) in [6.45, 7) is 0.0613. The molecule has 1 saturated carbocycles. The highest BCUT2D eigenvalue weighted by Crippen LogP contribution is 2.24. The SMILES string of the molecule is COC(=O)CN(C)C(=O)C1CCCCCC1. The van der Waals surface area contributed by atoms with E-state index in [-0.39, 0.29) is 24.3 Å². The normalized spacial score (nSPS) is 17.6. The summed E-state index contributed by atoms with van der Waals surface area (Å²) in [5.74, 6) is -0.158. The van der Waals surface area contributed by atoms with Crippen LogP contribution in [0.3, 0.4) is 0 Å². The molecule has 0 aromatic carbocycles. The Morgan fingerprint density at radius 2 is 1.75 bits per heavy atom. The summed E-state index contributed by atoms with van der Waals surface area (Å²) in [5, 5.41) is 0. The summed E-state index contributed by atoms with van der Waals surface area (Å²) in [6, 6.07) is 0. The van der Waals surface area contributed by atoms with Gasteiger partial charge >= 0.3 is 5.97 Å². The van der Waals surface area contributed by atoms with E-state index in [1.54, 1.807) is 7.05 Å². The van der Waals surface area contributed by atoms with Gasteiger partial charge in [-0.25, -0.2) is 0 Å². The lowest BCUT2D eigenvalue weighted by Crippen LogP contribution is -2.37. The Bertz CT molecular complexity index is 245. The number of likely N-dealkylation sites (N-methyl/N-ethyl adjacent to an activating group) is 1. The van der Waals surface area contributed by atoms with Gasteiger partial charge in [0.05, 0.1) is 7.11 Å². The molecule has 0 aromatic rings. The molecule has 0 aliphatic heterocycles. The third-order valence-corrected chi connectivity index (χ3v) is 3.17.